The molecule has 8 nitrogen and oxygen atoms in total. The summed E-state index contributed by atoms with van der Waals surface area (Å²) in [6.07, 6.45) is 1.08. The number of amides is 1. The quantitative estimate of drug-likeness (QED) is 0.515. The maximum atomic E-state index is 13.7. The predicted molar refractivity (Wildman–Crippen MR) is 78.7 cm³/mol. The summed E-state index contributed by atoms with van der Waals surface area (Å²) in [5, 5.41) is 34.1. The lowest BCUT2D eigenvalue weighted by atomic mass is 10.1. The van der Waals surface area contributed by atoms with Gasteiger partial charge in [-0.2, -0.15) is 10.4 Å². The molecule has 9 heteroatoms. The monoisotopic (exact) mass is 327 g/mol. The van der Waals surface area contributed by atoms with Gasteiger partial charge in [0.2, 0.25) is 0 Å². The zero-order valence-corrected chi connectivity index (χ0v) is 11.9. The Morgan fingerprint density at radius 3 is 2.71 bits per heavy atom. The molecule has 0 bridgehead atoms. The Bertz CT molecular complexity index is 890. The Hall–Kier alpha value is -3.80. The van der Waals surface area contributed by atoms with Gasteiger partial charge in [0.15, 0.2) is 0 Å². The lowest BCUT2D eigenvalue weighted by Crippen LogP contribution is -2.19. The second kappa shape index (κ2) is 6.97. The highest BCUT2D eigenvalue weighted by atomic mass is 19.1. The number of halogens is 1. The van der Waals surface area contributed by atoms with E-state index in [1.165, 1.54) is 12.1 Å². The van der Waals surface area contributed by atoms with Gasteiger partial charge in [-0.1, -0.05) is 12.1 Å². The Kier molecular flexibility index (Phi) is 4.81. The summed E-state index contributed by atoms with van der Waals surface area (Å²) in [6, 6.07) is 8.34. The molecule has 0 fully saturated rings. The molecule has 24 heavy (non-hydrogen) atoms. The van der Waals surface area contributed by atoms with Gasteiger partial charge < -0.3 is 5.11 Å². The number of nitro groups is 1. The van der Waals surface area contributed by atoms with E-state index < -0.39 is 28.1 Å². The standard InChI is InChI=1S/C15H9FN4O4/c16-12-5-9(7-17)1-3-11(12)15(22)19-18-8-10-2-4-14(21)13(6-10)20(23)24/h1-6,8,21H,(H,19,22)/p-1/b18-8-. The minimum absolute atomic E-state index is 0.0672. The van der Waals surface area contributed by atoms with E-state index in [9.17, 15) is 24.4 Å². The van der Waals surface area contributed by atoms with E-state index in [0.717, 1.165) is 30.5 Å². The van der Waals surface area contributed by atoms with E-state index in [4.69, 9.17) is 5.26 Å². The number of hydrogen-bond donors (Lipinski definition) is 1. The van der Waals surface area contributed by atoms with Crippen LogP contribution in [0.5, 0.6) is 5.75 Å². The molecular weight excluding hydrogens is 319 g/mol. The van der Waals surface area contributed by atoms with Crippen molar-refractivity contribution in [3.8, 4) is 11.8 Å². The van der Waals surface area contributed by atoms with Crippen LogP contribution in [0.2, 0.25) is 0 Å². The van der Waals surface area contributed by atoms with Gasteiger partial charge in [0, 0.05) is 11.6 Å². The first kappa shape index (κ1) is 16.6. The van der Waals surface area contributed by atoms with E-state index in [1.54, 1.807) is 6.07 Å². The van der Waals surface area contributed by atoms with Crippen LogP contribution < -0.4 is 10.5 Å². The molecule has 2 aromatic rings. The molecule has 1 amide bonds. The van der Waals surface area contributed by atoms with Crippen LogP contribution in [0.25, 0.3) is 0 Å². The number of hydrogen-bond acceptors (Lipinski definition) is 6. The van der Waals surface area contributed by atoms with Gasteiger partial charge in [0.05, 0.1) is 28.3 Å². The average molecular weight is 327 g/mol. The lowest BCUT2D eigenvalue weighted by molar-refractivity contribution is -0.398. The predicted octanol–water partition coefficient (Wildman–Crippen LogP) is 1.44. The highest BCUT2D eigenvalue weighted by Crippen LogP contribution is 2.22. The van der Waals surface area contributed by atoms with Crippen molar-refractivity contribution in [1.29, 1.82) is 5.26 Å². The Morgan fingerprint density at radius 2 is 2.08 bits per heavy atom. The molecule has 0 saturated carbocycles. The van der Waals surface area contributed by atoms with Crippen LogP contribution in [0.1, 0.15) is 21.5 Å². The van der Waals surface area contributed by atoms with Crippen molar-refractivity contribution in [2.45, 2.75) is 0 Å². The zero-order valence-electron chi connectivity index (χ0n) is 11.9. The van der Waals surface area contributed by atoms with Crippen LogP contribution in [-0.2, 0) is 0 Å². The number of nitrogens with one attached hydrogen (secondary N) is 1. The third-order valence-corrected chi connectivity index (χ3v) is 2.90. The fraction of sp³-hybridized carbons (Fsp3) is 0. The van der Waals surface area contributed by atoms with E-state index in [1.807, 2.05) is 5.43 Å². The van der Waals surface area contributed by atoms with Crippen molar-refractivity contribution in [2.24, 2.45) is 5.10 Å². The number of benzene rings is 2. The summed E-state index contributed by atoms with van der Waals surface area (Å²) in [6.45, 7) is 0. The van der Waals surface area contributed by atoms with Crippen LogP contribution in [0.3, 0.4) is 0 Å². The Morgan fingerprint density at radius 1 is 1.33 bits per heavy atom. The fourth-order valence-electron chi connectivity index (χ4n) is 1.75. The number of nitriles is 1. The summed E-state index contributed by atoms with van der Waals surface area (Å²) in [5.41, 5.74) is 1.39. The van der Waals surface area contributed by atoms with Crippen molar-refractivity contribution in [2.75, 3.05) is 0 Å². The van der Waals surface area contributed by atoms with Crippen LogP contribution in [-0.4, -0.2) is 17.0 Å². The molecule has 0 saturated heterocycles. The first-order valence-electron chi connectivity index (χ1n) is 6.41. The maximum Gasteiger partial charge on any atom is 0.274 e. The van der Waals surface area contributed by atoms with E-state index in [-0.39, 0.29) is 16.7 Å². The Balaban J connectivity index is 2.12. The number of carbonyl (C=O) groups excluding carboxylic acids is 1. The molecule has 0 aromatic heterocycles. The van der Waals surface area contributed by atoms with Gasteiger partial charge in [0.1, 0.15) is 5.82 Å². The molecule has 120 valence electrons. The smallest absolute Gasteiger partial charge is 0.274 e. The van der Waals surface area contributed by atoms with Crippen LogP contribution >= 0.6 is 0 Å². The van der Waals surface area contributed by atoms with E-state index >= 15 is 0 Å². The van der Waals surface area contributed by atoms with E-state index in [0.29, 0.717) is 0 Å². The Labute approximate surface area is 134 Å². The molecule has 0 spiro atoms. The maximum absolute atomic E-state index is 13.7. The topological polar surface area (TPSA) is 131 Å². The van der Waals surface area contributed by atoms with Gasteiger partial charge in [-0.05, 0) is 23.9 Å². The summed E-state index contributed by atoms with van der Waals surface area (Å²) < 4.78 is 13.7. The van der Waals surface area contributed by atoms with Gasteiger partial charge in [-0.3, -0.25) is 14.9 Å². The molecule has 0 aliphatic rings. The zero-order chi connectivity index (χ0) is 17.7. The minimum atomic E-state index is -0.881. The number of nitro benzene ring substituents is 1. The molecule has 0 radical (unpaired) electrons. The number of hydrazone groups is 1. The molecule has 0 unspecified atom stereocenters. The van der Waals surface area contributed by atoms with Crippen LogP contribution in [0.15, 0.2) is 41.5 Å². The normalized spacial score (nSPS) is 10.3. The highest BCUT2D eigenvalue weighted by molar-refractivity contribution is 5.95. The average Bonchev–Trinajstić information content (AvgIpc) is 2.55. The van der Waals surface area contributed by atoms with Gasteiger partial charge in [0.25, 0.3) is 11.6 Å². The largest absolute Gasteiger partial charge is 0.868 e. The molecule has 0 atom stereocenters. The first-order chi connectivity index (χ1) is 11.4. The summed E-state index contributed by atoms with van der Waals surface area (Å²) in [7, 11) is 0. The molecule has 0 heterocycles. The van der Waals surface area contributed by atoms with Crippen molar-refractivity contribution in [3.63, 3.8) is 0 Å². The van der Waals surface area contributed by atoms with Crippen molar-refractivity contribution >= 4 is 17.8 Å². The number of nitrogens with zero attached hydrogens (tertiary/aromatic N) is 3. The third kappa shape index (κ3) is 3.69. The molecule has 0 aliphatic heterocycles. The molecule has 0 aliphatic carbocycles. The van der Waals surface area contributed by atoms with Crippen LogP contribution in [0.4, 0.5) is 10.1 Å². The highest BCUT2D eigenvalue weighted by Gasteiger charge is 2.11. The second-order valence-corrected chi connectivity index (χ2v) is 4.49. The van der Waals surface area contributed by atoms with Gasteiger partial charge in [-0.15, -0.1) is 0 Å². The van der Waals surface area contributed by atoms with Gasteiger partial charge in [-0.25, -0.2) is 9.82 Å². The summed E-state index contributed by atoms with van der Waals surface area (Å²) >= 11 is 0. The van der Waals surface area contributed by atoms with Gasteiger partial charge >= 0.3 is 0 Å². The van der Waals surface area contributed by atoms with Crippen LogP contribution in [0, 0.1) is 27.3 Å². The minimum Gasteiger partial charge on any atom is -0.868 e. The first-order valence-corrected chi connectivity index (χ1v) is 6.41. The van der Waals surface area contributed by atoms with Crippen molar-refractivity contribution in [3.05, 3.63) is 69.0 Å². The lowest BCUT2D eigenvalue weighted by Gasteiger charge is -2.06. The molecule has 2 rings (SSSR count). The third-order valence-electron chi connectivity index (χ3n) is 2.90. The SMILES string of the molecule is N#Cc1ccc(C(=O)N/N=C\c2ccc([O-])c([N+](=O)[O-])c2)c(F)c1. The number of rotatable bonds is 4. The van der Waals surface area contributed by atoms with Crippen molar-refractivity contribution < 1.29 is 19.2 Å². The second-order valence-electron chi connectivity index (χ2n) is 4.49. The summed E-state index contributed by atoms with van der Waals surface area (Å²) in [4.78, 5) is 21.6. The summed E-state index contributed by atoms with van der Waals surface area (Å²) in [5.74, 6) is -2.49. The molecule has 1 N–H and O–H groups in total. The fourth-order valence-corrected chi connectivity index (χ4v) is 1.75. The number of carbonyl (C=O) groups is 1. The van der Waals surface area contributed by atoms with E-state index in [2.05, 4.69) is 5.10 Å². The van der Waals surface area contributed by atoms with Crippen molar-refractivity contribution in [1.82, 2.24) is 5.43 Å². The molecular formula is C15H8FN4O4-. The molecule has 2 aromatic carbocycles.